The van der Waals surface area contributed by atoms with E-state index >= 15 is 0 Å². The average molecular weight is 255 g/mol. The van der Waals surface area contributed by atoms with Gasteiger partial charge in [-0.15, -0.1) is 0 Å². The van der Waals surface area contributed by atoms with Crippen LogP contribution in [0.25, 0.3) is 0 Å². The molecule has 1 aliphatic heterocycles. The molecule has 4 nitrogen and oxygen atoms in total. The molecular formula is C14H29N3O. The minimum absolute atomic E-state index is 0.739. The normalized spacial score (nSPS) is 23.5. The Morgan fingerprint density at radius 1 is 1.28 bits per heavy atom. The lowest BCUT2D eigenvalue weighted by atomic mass is 10.2. The Morgan fingerprint density at radius 2 is 2.00 bits per heavy atom. The van der Waals surface area contributed by atoms with Crippen molar-refractivity contribution in [2.24, 2.45) is 5.92 Å². The Labute approximate surface area is 112 Å². The molecule has 2 fully saturated rings. The predicted molar refractivity (Wildman–Crippen MR) is 74.9 cm³/mol. The van der Waals surface area contributed by atoms with Crippen molar-refractivity contribution >= 4 is 0 Å². The van der Waals surface area contributed by atoms with Crippen molar-refractivity contribution < 1.29 is 4.74 Å². The molecule has 0 aromatic heterocycles. The van der Waals surface area contributed by atoms with Crippen LogP contribution in [0.2, 0.25) is 0 Å². The molecule has 0 amide bonds. The van der Waals surface area contributed by atoms with Crippen molar-refractivity contribution in [1.82, 2.24) is 15.1 Å². The molecule has 0 radical (unpaired) electrons. The molecule has 106 valence electrons. The van der Waals surface area contributed by atoms with Crippen LogP contribution in [0, 0.1) is 5.92 Å². The van der Waals surface area contributed by atoms with Crippen molar-refractivity contribution in [2.75, 3.05) is 59.5 Å². The monoisotopic (exact) mass is 255 g/mol. The van der Waals surface area contributed by atoms with Gasteiger partial charge in [-0.05, 0) is 25.7 Å². The van der Waals surface area contributed by atoms with Crippen LogP contribution in [0.4, 0.5) is 0 Å². The van der Waals surface area contributed by atoms with Crippen LogP contribution in [-0.4, -0.2) is 75.4 Å². The number of hydrogen-bond donors (Lipinski definition) is 1. The van der Waals surface area contributed by atoms with Gasteiger partial charge in [0.1, 0.15) is 0 Å². The largest absolute Gasteiger partial charge is 0.383 e. The van der Waals surface area contributed by atoms with Crippen LogP contribution in [0.3, 0.4) is 0 Å². The first-order chi connectivity index (χ1) is 8.81. The molecule has 1 saturated carbocycles. The smallest absolute Gasteiger partial charge is 0.0589 e. The van der Waals surface area contributed by atoms with Gasteiger partial charge in [0.25, 0.3) is 0 Å². The van der Waals surface area contributed by atoms with Gasteiger partial charge < -0.3 is 10.1 Å². The molecule has 0 spiro atoms. The molecule has 2 rings (SSSR count). The van der Waals surface area contributed by atoms with E-state index in [1.807, 2.05) is 0 Å². The van der Waals surface area contributed by atoms with Crippen LogP contribution < -0.4 is 5.32 Å². The van der Waals surface area contributed by atoms with Crippen molar-refractivity contribution in [3.05, 3.63) is 0 Å². The highest BCUT2D eigenvalue weighted by molar-refractivity contribution is 4.85. The summed E-state index contributed by atoms with van der Waals surface area (Å²) in [5, 5.41) is 3.41. The molecule has 1 N–H and O–H groups in total. The van der Waals surface area contributed by atoms with Gasteiger partial charge in [0.15, 0.2) is 0 Å². The van der Waals surface area contributed by atoms with Crippen LogP contribution >= 0.6 is 0 Å². The quantitative estimate of drug-likeness (QED) is 0.689. The van der Waals surface area contributed by atoms with E-state index in [0.717, 1.165) is 38.2 Å². The van der Waals surface area contributed by atoms with Crippen molar-refractivity contribution in [3.63, 3.8) is 0 Å². The highest BCUT2D eigenvalue weighted by Crippen LogP contribution is 2.34. The number of hydrogen-bond acceptors (Lipinski definition) is 4. The van der Waals surface area contributed by atoms with E-state index in [2.05, 4.69) is 22.0 Å². The molecule has 0 aromatic carbocycles. The first-order valence-electron chi connectivity index (χ1n) is 7.47. The lowest BCUT2D eigenvalue weighted by Gasteiger charge is -2.33. The van der Waals surface area contributed by atoms with Crippen molar-refractivity contribution in [2.45, 2.75) is 25.8 Å². The minimum atomic E-state index is 0.739. The number of nitrogens with one attached hydrogen (secondary N) is 1. The average Bonchev–Trinajstić information content (AvgIpc) is 3.24. The SMILES string of the molecule is COCCN(CCN1CCNCC1)C(C)C1CC1. The lowest BCUT2D eigenvalue weighted by molar-refractivity contribution is 0.102. The Balaban J connectivity index is 1.72. The van der Waals surface area contributed by atoms with Crippen LogP contribution in [0.5, 0.6) is 0 Å². The molecule has 0 bridgehead atoms. The van der Waals surface area contributed by atoms with E-state index in [1.54, 1.807) is 7.11 Å². The summed E-state index contributed by atoms with van der Waals surface area (Å²) in [6.07, 6.45) is 2.86. The third-order valence-corrected chi connectivity index (χ3v) is 4.38. The third kappa shape index (κ3) is 4.50. The molecule has 1 unspecified atom stereocenters. The van der Waals surface area contributed by atoms with Gasteiger partial charge in [-0.2, -0.15) is 0 Å². The molecular weight excluding hydrogens is 226 g/mol. The van der Waals surface area contributed by atoms with Crippen LogP contribution in [-0.2, 0) is 4.74 Å². The van der Waals surface area contributed by atoms with E-state index in [0.29, 0.717) is 0 Å². The fraction of sp³-hybridized carbons (Fsp3) is 1.00. The zero-order valence-electron chi connectivity index (χ0n) is 12.0. The number of nitrogens with zero attached hydrogens (tertiary/aromatic N) is 2. The maximum Gasteiger partial charge on any atom is 0.0589 e. The number of rotatable bonds is 8. The van der Waals surface area contributed by atoms with Crippen molar-refractivity contribution in [1.29, 1.82) is 0 Å². The maximum atomic E-state index is 5.25. The highest BCUT2D eigenvalue weighted by atomic mass is 16.5. The Morgan fingerprint density at radius 3 is 2.61 bits per heavy atom. The zero-order chi connectivity index (χ0) is 12.8. The van der Waals surface area contributed by atoms with Gasteiger partial charge in [-0.25, -0.2) is 0 Å². The van der Waals surface area contributed by atoms with E-state index in [4.69, 9.17) is 4.74 Å². The van der Waals surface area contributed by atoms with E-state index < -0.39 is 0 Å². The Hall–Kier alpha value is -0.160. The molecule has 1 heterocycles. The first-order valence-corrected chi connectivity index (χ1v) is 7.47. The summed E-state index contributed by atoms with van der Waals surface area (Å²) in [6, 6.07) is 0.739. The van der Waals surface area contributed by atoms with Gasteiger partial charge in [0.2, 0.25) is 0 Å². The summed E-state index contributed by atoms with van der Waals surface area (Å²) in [6.45, 7) is 11.5. The number of methoxy groups -OCH3 is 1. The van der Waals surface area contributed by atoms with Gasteiger partial charge in [-0.3, -0.25) is 9.80 Å². The van der Waals surface area contributed by atoms with Crippen molar-refractivity contribution in [3.8, 4) is 0 Å². The van der Waals surface area contributed by atoms with E-state index in [9.17, 15) is 0 Å². The zero-order valence-corrected chi connectivity index (χ0v) is 12.0. The Bertz CT molecular complexity index is 227. The van der Waals surface area contributed by atoms with E-state index in [1.165, 1.54) is 39.0 Å². The second kappa shape index (κ2) is 7.43. The third-order valence-electron chi connectivity index (χ3n) is 4.38. The standard InChI is InChI=1S/C14H29N3O/c1-13(14-3-4-14)17(11-12-18-2)10-9-16-7-5-15-6-8-16/h13-15H,3-12H2,1-2H3. The second-order valence-electron chi connectivity index (χ2n) is 5.70. The summed E-state index contributed by atoms with van der Waals surface area (Å²) in [4.78, 5) is 5.21. The molecule has 18 heavy (non-hydrogen) atoms. The van der Waals surface area contributed by atoms with Gasteiger partial charge in [0, 0.05) is 59.0 Å². The van der Waals surface area contributed by atoms with Crippen LogP contribution in [0.1, 0.15) is 19.8 Å². The van der Waals surface area contributed by atoms with Gasteiger partial charge in [0.05, 0.1) is 6.61 Å². The number of piperazine rings is 1. The first kappa shape index (κ1) is 14.3. The van der Waals surface area contributed by atoms with Gasteiger partial charge in [-0.1, -0.05) is 0 Å². The summed E-state index contributed by atoms with van der Waals surface area (Å²) >= 11 is 0. The summed E-state index contributed by atoms with van der Waals surface area (Å²) in [5.74, 6) is 0.949. The molecule has 2 aliphatic rings. The fourth-order valence-corrected chi connectivity index (χ4v) is 2.81. The molecule has 0 aromatic rings. The second-order valence-corrected chi connectivity index (χ2v) is 5.70. The Kier molecular flexibility index (Phi) is 5.89. The highest BCUT2D eigenvalue weighted by Gasteiger charge is 2.31. The van der Waals surface area contributed by atoms with E-state index in [-0.39, 0.29) is 0 Å². The minimum Gasteiger partial charge on any atom is -0.383 e. The molecule has 1 saturated heterocycles. The molecule has 1 atom stereocenters. The number of ether oxygens (including phenoxy) is 1. The summed E-state index contributed by atoms with van der Waals surface area (Å²) in [7, 11) is 1.80. The maximum absolute atomic E-state index is 5.25. The predicted octanol–water partition coefficient (Wildman–Crippen LogP) is 0.639. The summed E-state index contributed by atoms with van der Waals surface area (Å²) < 4.78 is 5.25. The summed E-state index contributed by atoms with van der Waals surface area (Å²) in [5.41, 5.74) is 0. The van der Waals surface area contributed by atoms with Crippen LogP contribution in [0.15, 0.2) is 0 Å². The fourth-order valence-electron chi connectivity index (χ4n) is 2.81. The van der Waals surface area contributed by atoms with Gasteiger partial charge >= 0.3 is 0 Å². The topological polar surface area (TPSA) is 27.7 Å². The molecule has 4 heteroatoms. The lowest BCUT2D eigenvalue weighted by Crippen LogP contribution is -2.48. The molecule has 1 aliphatic carbocycles.